The smallest absolute Gasteiger partial charge is 0.192 e. The summed E-state index contributed by atoms with van der Waals surface area (Å²) >= 11 is 0. The highest BCUT2D eigenvalue weighted by Crippen LogP contribution is 2.36. The minimum atomic E-state index is -1.71. The lowest BCUT2D eigenvalue weighted by atomic mass is 10.2. The first-order chi connectivity index (χ1) is 8.78. The fourth-order valence-corrected chi connectivity index (χ4v) is 2.40. The molecule has 0 saturated carbocycles. The van der Waals surface area contributed by atoms with Crippen LogP contribution in [0.4, 0.5) is 0 Å². The number of para-hydroxylation sites is 1. The monoisotopic (exact) mass is 280 g/mol. The number of aldehydes is 1. The van der Waals surface area contributed by atoms with Gasteiger partial charge in [-0.3, -0.25) is 4.79 Å². The maximum atomic E-state index is 10.8. The zero-order chi connectivity index (χ0) is 14.5. The second-order valence-electron chi connectivity index (χ2n) is 6.11. The van der Waals surface area contributed by atoms with Gasteiger partial charge in [-0.1, -0.05) is 32.9 Å². The second kappa shape index (κ2) is 6.35. The highest BCUT2D eigenvalue weighted by molar-refractivity contribution is 6.74. The van der Waals surface area contributed by atoms with E-state index in [0.29, 0.717) is 24.5 Å². The van der Waals surface area contributed by atoms with Gasteiger partial charge in [-0.25, -0.2) is 0 Å². The topological polar surface area (TPSA) is 35.5 Å². The Bertz CT molecular complexity index is 422. The SMILES string of the molecule is CC(C)(C)[Si](C)(C)OCCOc1ccccc1C=O. The van der Waals surface area contributed by atoms with Crippen LogP contribution in [0.5, 0.6) is 5.75 Å². The van der Waals surface area contributed by atoms with E-state index in [4.69, 9.17) is 9.16 Å². The van der Waals surface area contributed by atoms with Gasteiger partial charge in [0.15, 0.2) is 14.6 Å². The normalized spacial score (nSPS) is 12.3. The molecule has 0 aliphatic carbocycles. The maximum absolute atomic E-state index is 10.8. The van der Waals surface area contributed by atoms with E-state index in [1.807, 2.05) is 12.1 Å². The molecular formula is C15H24O3Si. The Kier molecular flexibility index (Phi) is 5.32. The van der Waals surface area contributed by atoms with Crippen LogP contribution < -0.4 is 4.74 Å². The van der Waals surface area contributed by atoms with E-state index in [1.54, 1.807) is 12.1 Å². The van der Waals surface area contributed by atoms with E-state index < -0.39 is 8.32 Å². The van der Waals surface area contributed by atoms with Crippen molar-refractivity contribution in [2.24, 2.45) is 0 Å². The summed E-state index contributed by atoms with van der Waals surface area (Å²) in [6, 6.07) is 7.23. The minimum Gasteiger partial charge on any atom is -0.490 e. The number of rotatable bonds is 6. The summed E-state index contributed by atoms with van der Waals surface area (Å²) in [5.74, 6) is 0.622. The molecule has 106 valence electrons. The van der Waals surface area contributed by atoms with E-state index in [1.165, 1.54) is 0 Å². The fraction of sp³-hybridized carbons (Fsp3) is 0.533. The fourth-order valence-electron chi connectivity index (χ4n) is 1.37. The third-order valence-corrected chi connectivity index (χ3v) is 8.19. The Morgan fingerprint density at radius 3 is 2.37 bits per heavy atom. The summed E-state index contributed by atoms with van der Waals surface area (Å²) in [4.78, 5) is 10.8. The van der Waals surface area contributed by atoms with Crippen LogP contribution in [0, 0.1) is 0 Å². The molecule has 0 saturated heterocycles. The van der Waals surface area contributed by atoms with Crippen molar-refractivity contribution in [3.63, 3.8) is 0 Å². The zero-order valence-electron chi connectivity index (χ0n) is 12.5. The predicted octanol–water partition coefficient (Wildman–Crippen LogP) is 3.90. The van der Waals surface area contributed by atoms with Crippen molar-refractivity contribution in [1.82, 2.24) is 0 Å². The first kappa shape index (κ1) is 15.9. The minimum absolute atomic E-state index is 0.202. The average molecular weight is 280 g/mol. The van der Waals surface area contributed by atoms with Gasteiger partial charge in [0.25, 0.3) is 0 Å². The molecule has 1 aromatic carbocycles. The van der Waals surface area contributed by atoms with E-state index in [9.17, 15) is 4.79 Å². The molecular weight excluding hydrogens is 256 g/mol. The summed E-state index contributed by atoms with van der Waals surface area (Å²) in [6.45, 7) is 12.1. The number of carbonyl (C=O) groups is 1. The average Bonchev–Trinajstić information content (AvgIpc) is 2.33. The van der Waals surface area contributed by atoms with Crippen molar-refractivity contribution in [2.45, 2.75) is 38.9 Å². The molecule has 0 heterocycles. The van der Waals surface area contributed by atoms with Gasteiger partial charge < -0.3 is 9.16 Å². The molecule has 3 nitrogen and oxygen atoms in total. The number of ether oxygens (including phenoxy) is 1. The van der Waals surface area contributed by atoms with Gasteiger partial charge in [0.1, 0.15) is 12.4 Å². The molecule has 4 heteroatoms. The van der Waals surface area contributed by atoms with Gasteiger partial charge >= 0.3 is 0 Å². The van der Waals surface area contributed by atoms with Crippen molar-refractivity contribution < 1.29 is 14.0 Å². The van der Waals surface area contributed by atoms with E-state index in [0.717, 1.165) is 6.29 Å². The molecule has 0 aliphatic rings. The molecule has 0 aliphatic heterocycles. The molecule has 1 rings (SSSR count). The Labute approximate surface area is 117 Å². The molecule has 0 N–H and O–H groups in total. The molecule has 0 aromatic heterocycles. The van der Waals surface area contributed by atoms with Gasteiger partial charge in [-0.15, -0.1) is 0 Å². The molecule has 0 atom stereocenters. The van der Waals surface area contributed by atoms with Crippen LogP contribution in [0.25, 0.3) is 0 Å². The van der Waals surface area contributed by atoms with Gasteiger partial charge in [0.2, 0.25) is 0 Å². The Balaban J connectivity index is 2.45. The van der Waals surface area contributed by atoms with Crippen LogP contribution in [0.1, 0.15) is 31.1 Å². The van der Waals surface area contributed by atoms with Crippen molar-refractivity contribution in [3.8, 4) is 5.75 Å². The largest absolute Gasteiger partial charge is 0.490 e. The van der Waals surface area contributed by atoms with Crippen molar-refractivity contribution in [3.05, 3.63) is 29.8 Å². The van der Waals surface area contributed by atoms with Gasteiger partial charge in [0, 0.05) is 0 Å². The predicted molar refractivity (Wildman–Crippen MR) is 80.5 cm³/mol. The van der Waals surface area contributed by atoms with Gasteiger partial charge in [-0.2, -0.15) is 0 Å². The maximum Gasteiger partial charge on any atom is 0.192 e. The lowest BCUT2D eigenvalue weighted by Crippen LogP contribution is -2.41. The van der Waals surface area contributed by atoms with Crippen LogP contribution in [0.15, 0.2) is 24.3 Å². The van der Waals surface area contributed by atoms with Crippen LogP contribution in [-0.4, -0.2) is 27.8 Å². The molecule has 0 spiro atoms. The number of hydrogen-bond donors (Lipinski definition) is 0. The molecule has 0 fully saturated rings. The van der Waals surface area contributed by atoms with Crippen LogP contribution >= 0.6 is 0 Å². The summed E-state index contributed by atoms with van der Waals surface area (Å²) in [7, 11) is -1.71. The molecule has 1 aromatic rings. The standard InChI is InChI=1S/C15H24O3Si/c1-15(2,3)19(4,5)18-11-10-17-14-9-7-6-8-13(14)12-16/h6-9,12H,10-11H2,1-5H3. The lowest BCUT2D eigenvalue weighted by Gasteiger charge is -2.36. The third-order valence-electron chi connectivity index (χ3n) is 3.66. The molecule has 0 radical (unpaired) electrons. The first-order valence-electron chi connectivity index (χ1n) is 6.59. The quantitative estimate of drug-likeness (QED) is 0.450. The Hall–Kier alpha value is -1.13. The highest BCUT2D eigenvalue weighted by Gasteiger charge is 2.36. The van der Waals surface area contributed by atoms with Crippen molar-refractivity contribution >= 4 is 14.6 Å². The van der Waals surface area contributed by atoms with E-state index in [2.05, 4.69) is 33.9 Å². The molecule has 19 heavy (non-hydrogen) atoms. The number of hydrogen-bond acceptors (Lipinski definition) is 3. The summed E-state index contributed by atoms with van der Waals surface area (Å²) in [6.07, 6.45) is 0.810. The van der Waals surface area contributed by atoms with Crippen molar-refractivity contribution in [2.75, 3.05) is 13.2 Å². The number of carbonyl (C=O) groups excluding carboxylic acids is 1. The Morgan fingerprint density at radius 1 is 1.16 bits per heavy atom. The first-order valence-corrected chi connectivity index (χ1v) is 9.50. The number of benzene rings is 1. The zero-order valence-corrected chi connectivity index (χ0v) is 13.5. The van der Waals surface area contributed by atoms with Gasteiger partial charge in [0.05, 0.1) is 12.2 Å². The van der Waals surface area contributed by atoms with E-state index >= 15 is 0 Å². The van der Waals surface area contributed by atoms with Crippen LogP contribution in [0.2, 0.25) is 18.1 Å². The molecule has 0 unspecified atom stereocenters. The van der Waals surface area contributed by atoms with E-state index in [-0.39, 0.29) is 5.04 Å². The Morgan fingerprint density at radius 2 is 1.79 bits per heavy atom. The van der Waals surface area contributed by atoms with Crippen LogP contribution in [-0.2, 0) is 4.43 Å². The highest BCUT2D eigenvalue weighted by atomic mass is 28.4. The molecule has 0 bridgehead atoms. The molecule has 0 amide bonds. The van der Waals surface area contributed by atoms with Crippen molar-refractivity contribution in [1.29, 1.82) is 0 Å². The van der Waals surface area contributed by atoms with Crippen LogP contribution in [0.3, 0.4) is 0 Å². The van der Waals surface area contributed by atoms with Gasteiger partial charge in [-0.05, 0) is 30.3 Å². The summed E-state index contributed by atoms with van der Waals surface area (Å²) in [5.41, 5.74) is 0.579. The lowest BCUT2D eigenvalue weighted by molar-refractivity contribution is 0.111. The second-order valence-corrected chi connectivity index (χ2v) is 10.9. The third kappa shape index (κ3) is 4.47. The summed E-state index contributed by atoms with van der Waals surface area (Å²) in [5, 5.41) is 0.202. The summed E-state index contributed by atoms with van der Waals surface area (Å²) < 4.78 is 11.6.